The van der Waals surface area contributed by atoms with Gasteiger partial charge in [0.2, 0.25) is 11.7 Å². The van der Waals surface area contributed by atoms with Crippen molar-refractivity contribution in [3.8, 4) is 28.5 Å². The summed E-state index contributed by atoms with van der Waals surface area (Å²) in [4.78, 5) is 28.7. The first-order valence-corrected chi connectivity index (χ1v) is 13.0. The van der Waals surface area contributed by atoms with E-state index in [0.29, 0.717) is 17.8 Å². The molecule has 4 aromatic rings. The van der Waals surface area contributed by atoms with Crippen LogP contribution in [0.15, 0.2) is 72.8 Å². The van der Waals surface area contributed by atoms with Crippen LogP contribution in [0.2, 0.25) is 0 Å². The molecule has 3 aromatic carbocycles. The SMILES string of the molecule is N#CC(C(=O)Nc1ccccc1)C(=O)c1[nH]nc2c1Cc1c(-c3ccccc3CN3CCOCC3)cccc1-2. The summed E-state index contributed by atoms with van der Waals surface area (Å²) >= 11 is 0. The predicted octanol–water partition coefficient (Wildman–Crippen LogP) is 4.44. The van der Waals surface area contributed by atoms with E-state index in [2.05, 4.69) is 44.7 Å². The summed E-state index contributed by atoms with van der Waals surface area (Å²) in [6, 6.07) is 25.2. The van der Waals surface area contributed by atoms with Crippen LogP contribution in [0.4, 0.5) is 5.69 Å². The van der Waals surface area contributed by atoms with Gasteiger partial charge < -0.3 is 10.1 Å². The number of hydrogen-bond acceptors (Lipinski definition) is 6. The second-order valence-corrected chi connectivity index (χ2v) is 9.76. The van der Waals surface area contributed by atoms with Crippen LogP contribution in [-0.2, 0) is 22.5 Å². The van der Waals surface area contributed by atoms with Gasteiger partial charge in [-0.2, -0.15) is 10.4 Å². The van der Waals surface area contributed by atoms with Gasteiger partial charge in [0.25, 0.3) is 0 Å². The maximum absolute atomic E-state index is 13.4. The number of benzene rings is 3. The van der Waals surface area contributed by atoms with Gasteiger partial charge in [0.1, 0.15) is 5.69 Å². The number of carbonyl (C=O) groups excluding carboxylic acids is 2. The smallest absolute Gasteiger partial charge is 0.249 e. The molecule has 1 aromatic heterocycles. The summed E-state index contributed by atoms with van der Waals surface area (Å²) < 4.78 is 5.52. The number of aromatic amines is 1. The van der Waals surface area contributed by atoms with Crippen molar-refractivity contribution >= 4 is 17.4 Å². The van der Waals surface area contributed by atoms with Crippen LogP contribution in [-0.4, -0.2) is 53.1 Å². The summed E-state index contributed by atoms with van der Waals surface area (Å²) in [7, 11) is 0. The van der Waals surface area contributed by atoms with Crippen molar-refractivity contribution in [1.82, 2.24) is 15.1 Å². The lowest BCUT2D eigenvalue weighted by Gasteiger charge is -2.27. The number of aromatic nitrogens is 2. The number of H-pyrrole nitrogens is 1. The molecule has 1 atom stereocenters. The monoisotopic (exact) mass is 517 g/mol. The largest absolute Gasteiger partial charge is 0.379 e. The van der Waals surface area contributed by atoms with E-state index in [4.69, 9.17) is 4.74 Å². The Morgan fingerprint density at radius 2 is 1.67 bits per heavy atom. The number of Topliss-reactive ketones (excluding diaryl/α,β-unsaturated/α-hetero) is 1. The molecule has 39 heavy (non-hydrogen) atoms. The van der Waals surface area contributed by atoms with Crippen molar-refractivity contribution in [3.05, 3.63) is 95.2 Å². The Hall–Kier alpha value is -4.58. The van der Waals surface area contributed by atoms with Gasteiger partial charge in [-0.15, -0.1) is 0 Å². The normalized spacial score (nSPS) is 15.2. The first kappa shape index (κ1) is 24.7. The van der Waals surface area contributed by atoms with E-state index in [1.807, 2.05) is 30.3 Å². The number of carbonyl (C=O) groups is 2. The van der Waals surface area contributed by atoms with Gasteiger partial charge in [-0.25, -0.2) is 0 Å². The number of amides is 1. The standard InChI is InChI=1S/C31H27N5O3/c32-18-27(31(38)33-21-8-2-1-3-9-21)30(37)29-26-17-25-23(11-6-12-24(25)28(26)34-35-29)22-10-5-4-7-20(22)19-36-13-15-39-16-14-36/h1-12,27H,13-17,19H2,(H,33,38)(H,34,35). The molecule has 1 fully saturated rings. The van der Waals surface area contributed by atoms with Crippen LogP contribution in [0, 0.1) is 17.2 Å². The highest BCUT2D eigenvalue weighted by Gasteiger charge is 2.35. The first-order valence-electron chi connectivity index (χ1n) is 13.0. The molecule has 194 valence electrons. The molecule has 8 nitrogen and oxygen atoms in total. The van der Waals surface area contributed by atoms with Gasteiger partial charge in [0.15, 0.2) is 5.92 Å². The number of nitrogens with one attached hydrogen (secondary N) is 2. The molecule has 2 N–H and O–H groups in total. The van der Waals surface area contributed by atoms with Gasteiger partial charge in [-0.1, -0.05) is 60.7 Å². The lowest BCUT2D eigenvalue weighted by atomic mass is 9.92. The minimum atomic E-state index is -1.49. The molecule has 0 radical (unpaired) electrons. The van der Waals surface area contributed by atoms with E-state index < -0.39 is 17.6 Å². The molecule has 1 amide bonds. The van der Waals surface area contributed by atoms with Crippen LogP contribution in [0.25, 0.3) is 22.4 Å². The fourth-order valence-electron chi connectivity index (χ4n) is 5.43. The molecule has 2 aliphatic rings. The maximum Gasteiger partial charge on any atom is 0.249 e. The summed E-state index contributed by atoms with van der Waals surface area (Å²) in [6.07, 6.45) is 0.489. The summed E-state index contributed by atoms with van der Waals surface area (Å²) in [5, 5.41) is 19.7. The van der Waals surface area contributed by atoms with Crippen molar-refractivity contribution in [2.75, 3.05) is 31.6 Å². The van der Waals surface area contributed by atoms with E-state index in [0.717, 1.165) is 60.7 Å². The number of ether oxygens (including phenoxy) is 1. The second kappa shape index (κ2) is 10.7. The average molecular weight is 518 g/mol. The third-order valence-electron chi connectivity index (χ3n) is 7.40. The van der Waals surface area contributed by atoms with E-state index >= 15 is 0 Å². The van der Waals surface area contributed by atoms with Crippen molar-refractivity contribution in [3.63, 3.8) is 0 Å². The lowest BCUT2D eigenvalue weighted by Crippen LogP contribution is -2.35. The number of rotatable bonds is 7. The highest BCUT2D eigenvalue weighted by Crippen LogP contribution is 2.43. The Morgan fingerprint density at radius 3 is 2.46 bits per heavy atom. The third-order valence-corrected chi connectivity index (χ3v) is 7.40. The summed E-state index contributed by atoms with van der Waals surface area (Å²) in [6.45, 7) is 4.12. The second-order valence-electron chi connectivity index (χ2n) is 9.76. The fourth-order valence-corrected chi connectivity index (χ4v) is 5.43. The van der Waals surface area contributed by atoms with Crippen molar-refractivity contribution in [2.45, 2.75) is 13.0 Å². The van der Waals surface area contributed by atoms with Gasteiger partial charge in [-0.3, -0.25) is 19.6 Å². The van der Waals surface area contributed by atoms with Gasteiger partial charge in [0.05, 0.1) is 25.0 Å². The molecule has 0 bridgehead atoms. The predicted molar refractivity (Wildman–Crippen MR) is 147 cm³/mol. The van der Waals surface area contributed by atoms with E-state index in [1.165, 1.54) is 5.56 Å². The van der Waals surface area contributed by atoms with Crippen LogP contribution >= 0.6 is 0 Å². The Labute approximate surface area is 226 Å². The Bertz CT molecular complexity index is 1580. The molecule has 1 saturated heterocycles. The molecule has 0 spiro atoms. The number of ketones is 1. The Morgan fingerprint density at radius 1 is 0.949 bits per heavy atom. The van der Waals surface area contributed by atoms with Crippen LogP contribution in [0.3, 0.4) is 0 Å². The van der Waals surface area contributed by atoms with E-state index in [-0.39, 0.29) is 5.69 Å². The zero-order chi connectivity index (χ0) is 26.8. The molecule has 6 rings (SSSR count). The average Bonchev–Trinajstić information content (AvgIpc) is 3.55. The Balaban J connectivity index is 1.29. The number of anilines is 1. The molecular formula is C31H27N5O3. The molecule has 2 heterocycles. The zero-order valence-electron chi connectivity index (χ0n) is 21.3. The molecule has 0 saturated carbocycles. The quantitative estimate of drug-likeness (QED) is 0.244. The molecular weight excluding hydrogens is 490 g/mol. The molecule has 8 heteroatoms. The lowest BCUT2D eigenvalue weighted by molar-refractivity contribution is -0.117. The summed E-state index contributed by atoms with van der Waals surface area (Å²) in [5.41, 5.74) is 7.70. The number of nitrogens with zero attached hydrogens (tertiary/aromatic N) is 3. The van der Waals surface area contributed by atoms with E-state index in [1.54, 1.807) is 24.3 Å². The minimum Gasteiger partial charge on any atom is -0.379 e. The number of nitriles is 1. The molecule has 1 unspecified atom stereocenters. The van der Waals surface area contributed by atoms with Gasteiger partial charge in [-0.05, 0) is 34.4 Å². The summed E-state index contributed by atoms with van der Waals surface area (Å²) in [5.74, 6) is -2.74. The van der Waals surface area contributed by atoms with E-state index in [9.17, 15) is 14.9 Å². The number of fused-ring (bicyclic) bond motifs is 3. The van der Waals surface area contributed by atoms with Gasteiger partial charge >= 0.3 is 0 Å². The van der Waals surface area contributed by atoms with Crippen LogP contribution in [0.1, 0.15) is 27.2 Å². The van der Waals surface area contributed by atoms with Gasteiger partial charge in [0, 0.05) is 42.9 Å². The molecule has 1 aliphatic carbocycles. The maximum atomic E-state index is 13.4. The topological polar surface area (TPSA) is 111 Å². The number of hydrogen-bond donors (Lipinski definition) is 2. The van der Waals surface area contributed by atoms with Crippen LogP contribution < -0.4 is 5.32 Å². The number of morpholine rings is 1. The molecule has 1 aliphatic heterocycles. The first-order chi connectivity index (χ1) is 19.1. The van der Waals surface area contributed by atoms with Crippen molar-refractivity contribution in [1.29, 1.82) is 5.26 Å². The highest BCUT2D eigenvalue weighted by molar-refractivity contribution is 6.16. The van der Waals surface area contributed by atoms with Crippen molar-refractivity contribution < 1.29 is 14.3 Å². The minimum absolute atomic E-state index is 0.212. The van der Waals surface area contributed by atoms with Crippen LogP contribution in [0.5, 0.6) is 0 Å². The zero-order valence-corrected chi connectivity index (χ0v) is 21.3. The fraction of sp³-hybridized carbons (Fsp3) is 0.226. The third kappa shape index (κ3) is 4.74. The highest BCUT2D eigenvalue weighted by atomic mass is 16.5. The Kier molecular flexibility index (Phi) is 6.76. The number of para-hydroxylation sites is 1. The van der Waals surface area contributed by atoms with Crippen molar-refractivity contribution in [2.24, 2.45) is 5.92 Å².